The number of rotatable bonds is 2. The molecule has 1 N–H and O–H groups in total. The fourth-order valence-electron chi connectivity index (χ4n) is 0.832. The second-order valence-corrected chi connectivity index (χ2v) is 2.63. The molecule has 0 saturated heterocycles. The van der Waals surface area contributed by atoms with Crippen LogP contribution >= 0.6 is 11.6 Å². The lowest BCUT2D eigenvalue weighted by Gasteiger charge is -1.95. The first kappa shape index (κ1) is 13.8. The van der Waals surface area contributed by atoms with Crippen molar-refractivity contribution in [2.24, 2.45) is 0 Å². The summed E-state index contributed by atoms with van der Waals surface area (Å²) in [7, 11) is 0. The van der Waals surface area contributed by atoms with Crippen LogP contribution in [0.15, 0.2) is 18.2 Å². The van der Waals surface area contributed by atoms with Crippen molar-refractivity contribution in [1.82, 2.24) is 0 Å². The van der Waals surface area contributed by atoms with Crippen molar-refractivity contribution in [3.63, 3.8) is 0 Å². The van der Waals surface area contributed by atoms with Crippen molar-refractivity contribution in [1.29, 1.82) is 0 Å². The molecule has 9 heteroatoms. The molecule has 0 aliphatic carbocycles. The minimum Gasteiger partial charge on any atom is -0.483 e. The minimum atomic E-state index is -0.875. The Balaban J connectivity index is 0.000000673. The van der Waals surface area contributed by atoms with Gasteiger partial charge in [-0.3, -0.25) is 25.0 Å². The number of hydrogen-bond acceptors (Lipinski definition) is 5. The van der Waals surface area contributed by atoms with E-state index in [9.17, 15) is 20.2 Å². The van der Waals surface area contributed by atoms with Gasteiger partial charge in [0, 0.05) is 6.07 Å². The maximum Gasteiger partial charge on any atom is 0.364 e. The zero-order chi connectivity index (χ0) is 12.7. The Morgan fingerprint density at radius 2 is 1.75 bits per heavy atom. The molecular weight excluding hydrogens is 244 g/mol. The molecule has 8 nitrogen and oxygen atoms in total. The molecule has 0 amide bonds. The third-order valence-corrected chi connectivity index (χ3v) is 1.65. The number of carbonyl (C=O) groups is 1. The van der Waals surface area contributed by atoms with Crippen molar-refractivity contribution in [2.75, 3.05) is 0 Å². The first-order valence-electron chi connectivity index (χ1n) is 3.60. The summed E-state index contributed by atoms with van der Waals surface area (Å²) in [6.07, 6.45) is 0. The van der Waals surface area contributed by atoms with Crippen molar-refractivity contribution < 1.29 is 19.7 Å². The van der Waals surface area contributed by atoms with Gasteiger partial charge in [-0.25, -0.2) is 0 Å². The number of carboxylic acid groups (broad SMARTS) is 1. The lowest BCUT2D eigenvalue weighted by Crippen LogP contribution is -1.96. The highest BCUT2D eigenvalue weighted by atomic mass is 35.5. The SMILES string of the molecule is O=CO.O=[N+]([O-])c1cccc(Cl)c1[N+](=O)[O-]. The summed E-state index contributed by atoms with van der Waals surface area (Å²) in [5.74, 6) is 0. The van der Waals surface area contributed by atoms with Crippen molar-refractivity contribution >= 4 is 29.4 Å². The lowest BCUT2D eigenvalue weighted by molar-refractivity contribution is -0.422. The van der Waals surface area contributed by atoms with Crippen LogP contribution in [0.5, 0.6) is 0 Å². The third kappa shape index (κ3) is 3.50. The van der Waals surface area contributed by atoms with Gasteiger partial charge in [-0.05, 0) is 6.07 Å². The molecule has 0 spiro atoms. The van der Waals surface area contributed by atoms with Gasteiger partial charge in [0.25, 0.3) is 6.47 Å². The minimum absolute atomic E-state index is 0.237. The average molecular weight is 249 g/mol. The Bertz CT molecular complexity index is 421. The quantitative estimate of drug-likeness (QED) is 0.484. The molecule has 86 valence electrons. The van der Waals surface area contributed by atoms with Crippen molar-refractivity contribution in [3.8, 4) is 0 Å². The summed E-state index contributed by atoms with van der Waals surface area (Å²) in [5, 5.41) is 27.3. The van der Waals surface area contributed by atoms with E-state index in [-0.39, 0.29) is 11.5 Å². The van der Waals surface area contributed by atoms with Crippen LogP contribution in [0, 0.1) is 20.2 Å². The normalized spacial score (nSPS) is 8.56. The number of nitro groups is 2. The Morgan fingerprint density at radius 3 is 2.06 bits per heavy atom. The van der Waals surface area contributed by atoms with E-state index in [4.69, 9.17) is 21.5 Å². The molecule has 1 aromatic rings. The highest BCUT2D eigenvalue weighted by molar-refractivity contribution is 6.33. The number of hydrogen-bond donors (Lipinski definition) is 1. The van der Waals surface area contributed by atoms with Gasteiger partial charge in [0.05, 0.1) is 9.85 Å². The number of halogens is 1. The van der Waals surface area contributed by atoms with E-state index in [1.54, 1.807) is 0 Å². The van der Waals surface area contributed by atoms with Gasteiger partial charge in [-0.2, -0.15) is 0 Å². The molecule has 0 saturated carbocycles. The van der Waals surface area contributed by atoms with Gasteiger partial charge < -0.3 is 5.11 Å². The molecule has 0 aliphatic rings. The summed E-state index contributed by atoms with van der Waals surface area (Å²) in [6.45, 7) is -0.250. The summed E-state index contributed by atoms with van der Waals surface area (Å²) < 4.78 is 0. The summed E-state index contributed by atoms with van der Waals surface area (Å²) >= 11 is 5.42. The second-order valence-electron chi connectivity index (χ2n) is 2.23. The number of benzene rings is 1. The summed E-state index contributed by atoms with van der Waals surface area (Å²) in [4.78, 5) is 27.3. The van der Waals surface area contributed by atoms with Crippen LogP contribution < -0.4 is 0 Å². The average Bonchev–Trinajstić information content (AvgIpc) is 2.17. The molecule has 16 heavy (non-hydrogen) atoms. The predicted octanol–water partition coefficient (Wildman–Crippen LogP) is 1.86. The Hall–Kier alpha value is -2.22. The highest BCUT2D eigenvalue weighted by Crippen LogP contribution is 2.33. The molecule has 0 aliphatic heterocycles. The van der Waals surface area contributed by atoms with E-state index < -0.39 is 21.2 Å². The molecule has 0 radical (unpaired) electrons. The fourth-order valence-corrected chi connectivity index (χ4v) is 1.07. The number of para-hydroxylation sites is 1. The summed E-state index contributed by atoms with van der Waals surface area (Å²) in [5.41, 5.74) is -1.27. The fraction of sp³-hybridized carbons (Fsp3) is 0. The zero-order valence-corrected chi connectivity index (χ0v) is 8.33. The lowest BCUT2D eigenvalue weighted by atomic mass is 10.3. The maximum atomic E-state index is 10.4. The van der Waals surface area contributed by atoms with E-state index in [1.807, 2.05) is 0 Å². The molecular formula is C7H5ClN2O6. The van der Waals surface area contributed by atoms with Gasteiger partial charge in [-0.15, -0.1) is 0 Å². The largest absolute Gasteiger partial charge is 0.483 e. The number of nitrogens with zero attached hydrogens (tertiary/aromatic N) is 2. The van der Waals surface area contributed by atoms with Gasteiger partial charge in [0.15, 0.2) is 0 Å². The van der Waals surface area contributed by atoms with E-state index >= 15 is 0 Å². The molecule has 0 bridgehead atoms. The smallest absolute Gasteiger partial charge is 0.364 e. The van der Waals surface area contributed by atoms with Crippen LogP contribution in [0.3, 0.4) is 0 Å². The highest BCUT2D eigenvalue weighted by Gasteiger charge is 2.26. The van der Waals surface area contributed by atoms with Crippen LogP contribution in [0.25, 0.3) is 0 Å². The van der Waals surface area contributed by atoms with Gasteiger partial charge in [-0.1, -0.05) is 17.7 Å². The van der Waals surface area contributed by atoms with E-state index in [0.717, 1.165) is 6.07 Å². The molecule has 0 atom stereocenters. The predicted molar refractivity (Wildman–Crippen MR) is 53.5 cm³/mol. The molecule has 0 fully saturated rings. The topological polar surface area (TPSA) is 124 Å². The van der Waals surface area contributed by atoms with Crippen LogP contribution in [0.2, 0.25) is 5.02 Å². The van der Waals surface area contributed by atoms with Crippen LogP contribution in [0.1, 0.15) is 0 Å². The van der Waals surface area contributed by atoms with Crippen LogP contribution in [0.4, 0.5) is 11.4 Å². The van der Waals surface area contributed by atoms with Crippen LogP contribution in [-0.4, -0.2) is 21.4 Å². The van der Waals surface area contributed by atoms with E-state index in [0.29, 0.717) is 0 Å². The van der Waals surface area contributed by atoms with E-state index in [1.165, 1.54) is 12.1 Å². The molecule has 0 heterocycles. The molecule has 0 unspecified atom stereocenters. The Morgan fingerprint density at radius 1 is 1.25 bits per heavy atom. The molecule has 0 aromatic heterocycles. The Labute approximate surface area is 93.4 Å². The van der Waals surface area contributed by atoms with Crippen molar-refractivity contribution in [3.05, 3.63) is 43.5 Å². The molecule has 1 rings (SSSR count). The zero-order valence-electron chi connectivity index (χ0n) is 7.57. The third-order valence-electron chi connectivity index (χ3n) is 1.34. The first-order chi connectivity index (χ1) is 7.45. The van der Waals surface area contributed by atoms with Gasteiger partial charge in [0.1, 0.15) is 5.02 Å². The van der Waals surface area contributed by atoms with Gasteiger partial charge in [0.2, 0.25) is 0 Å². The monoisotopic (exact) mass is 248 g/mol. The maximum absolute atomic E-state index is 10.4. The molecule has 1 aromatic carbocycles. The number of nitro benzene ring substituents is 2. The Kier molecular flexibility index (Phi) is 5.42. The van der Waals surface area contributed by atoms with Crippen LogP contribution in [-0.2, 0) is 4.79 Å². The van der Waals surface area contributed by atoms with Gasteiger partial charge >= 0.3 is 11.4 Å². The summed E-state index contributed by atoms with van der Waals surface area (Å²) in [6, 6.07) is 3.55. The van der Waals surface area contributed by atoms with E-state index in [2.05, 4.69) is 0 Å². The standard InChI is InChI=1S/C6H3ClN2O4.CH2O2/c7-4-2-1-3-5(8(10)11)6(4)9(12)13;2-1-3/h1-3H;1H,(H,2,3). The first-order valence-corrected chi connectivity index (χ1v) is 3.98. The second kappa shape index (κ2) is 6.30. The van der Waals surface area contributed by atoms with Crippen molar-refractivity contribution in [2.45, 2.75) is 0 Å².